The number of hydrogen-bond acceptors (Lipinski definition) is 6. The Bertz CT molecular complexity index is 1390. The largest absolute Gasteiger partial charge is 0.355 e. The quantitative estimate of drug-likeness (QED) is 0.293. The fourth-order valence-electron chi connectivity index (χ4n) is 3.90. The molecule has 0 bridgehead atoms. The lowest BCUT2D eigenvalue weighted by Gasteiger charge is -2.32. The third kappa shape index (κ3) is 6.74. The molecule has 10 nitrogen and oxygen atoms in total. The molecule has 0 spiro atoms. The van der Waals surface area contributed by atoms with Gasteiger partial charge in [-0.3, -0.25) is 24.0 Å². The highest BCUT2D eigenvalue weighted by molar-refractivity contribution is 7.92. The molecule has 0 aliphatic carbocycles. The van der Waals surface area contributed by atoms with Gasteiger partial charge in [-0.1, -0.05) is 48.0 Å². The van der Waals surface area contributed by atoms with Gasteiger partial charge in [0, 0.05) is 25.2 Å². The van der Waals surface area contributed by atoms with Gasteiger partial charge in [0.2, 0.25) is 11.8 Å². The molecule has 3 rings (SSSR count). The van der Waals surface area contributed by atoms with Crippen molar-refractivity contribution in [2.45, 2.75) is 38.3 Å². The number of nitrogens with one attached hydrogen (secondary N) is 1. The van der Waals surface area contributed by atoms with Gasteiger partial charge in [0.25, 0.3) is 15.7 Å². The van der Waals surface area contributed by atoms with E-state index in [4.69, 9.17) is 0 Å². The number of nitrogens with zero attached hydrogens (tertiary/aromatic N) is 3. The molecular formula is C27H30N4O6S. The molecule has 0 aromatic heterocycles. The highest BCUT2D eigenvalue weighted by Crippen LogP contribution is 2.26. The van der Waals surface area contributed by atoms with Crippen LogP contribution < -0.4 is 9.62 Å². The Kier molecular flexibility index (Phi) is 9.19. The van der Waals surface area contributed by atoms with Crippen LogP contribution in [0.3, 0.4) is 0 Å². The summed E-state index contributed by atoms with van der Waals surface area (Å²) in [7, 11) is -4.24. The number of non-ortho nitro benzene ring substituents is 1. The van der Waals surface area contributed by atoms with Crippen molar-refractivity contribution in [3.63, 3.8) is 0 Å². The summed E-state index contributed by atoms with van der Waals surface area (Å²) in [6, 6.07) is 19.1. The first-order chi connectivity index (χ1) is 18.0. The zero-order valence-corrected chi connectivity index (χ0v) is 22.2. The van der Waals surface area contributed by atoms with Crippen LogP contribution in [0, 0.1) is 17.0 Å². The molecule has 1 atom stereocenters. The van der Waals surface area contributed by atoms with Crippen molar-refractivity contribution in [3.05, 3.63) is 100 Å². The van der Waals surface area contributed by atoms with E-state index < -0.39 is 33.4 Å². The molecule has 0 unspecified atom stereocenters. The molecule has 0 fully saturated rings. The van der Waals surface area contributed by atoms with Gasteiger partial charge in [-0.15, -0.1) is 0 Å². The molecule has 3 aromatic rings. The van der Waals surface area contributed by atoms with Crippen LogP contribution in [-0.4, -0.2) is 49.2 Å². The number of anilines is 1. The van der Waals surface area contributed by atoms with Gasteiger partial charge in [0.1, 0.15) is 12.6 Å². The molecule has 2 amide bonds. The van der Waals surface area contributed by atoms with E-state index in [-0.39, 0.29) is 28.7 Å². The maximum absolute atomic E-state index is 13.8. The van der Waals surface area contributed by atoms with E-state index in [0.29, 0.717) is 6.54 Å². The first-order valence-corrected chi connectivity index (χ1v) is 13.4. The van der Waals surface area contributed by atoms with Crippen molar-refractivity contribution < 1.29 is 22.9 Å². The highest BCUT2D eigenvalue weighted by atomic mass is 32.2. The van der Waals surface area contributed by atoms with Crippen LogP contribution in [0.25, 0.3) is 0 Å². The predicted molar refractivity (Wildman–Crippen MR) is 144 cm³/mol. The Morgan fingerprint density at radius 1 is 1.00 bits per heavy atom. The second-order valence-corrected chi connectivity index (χ2v) is 10.5. The number of likely N-dealkylation sites (N-methyl/N-ethyl adjacent to an activating group) is 1. The lowest BCUT2D eigenvalue weighted by atomic mass is 10.1. The van der Waals surface area contributed by atoms with Crippen LogP contribution in [0.1, 0.15) is 25.0 Å². The lowest BCUT2D eigenvalue weighted by Crippen LogP contribution is -2.51. The van der Waals surface area contributed by atoms with Gasteiger partial charge in [-0.05, 0) is 50.6 Å². The van der Waals surface area contributed by atoms with E-state index in [1.165, 1.54) is 41.3 Å². The molecule has 0 heterocycles. The van der Waals surface area contributed by atoms with Crippen LogP contribution in [-0.2, 0) is 26.2 Å². The maximum atomic E-state index is 13.8. The molecule has 200 valence electrons. The maximum Gasteiger partial charge on any atom is 0.269 e. The van der Waals surface area contributed by atoms with Gasteiger partial charge in [0.05, 0.1) is 15.5 Å². The number of amides is 2. The van der Waals surface area contributed by atoms with E-state index in [2.05, 4.69) is 5.32 Å². The fraction of sp³-hybridized carbons (Fsp3) is 0.259. The molecule has 0 saturated carbocycles. The van der Waals surface area contributed by atoms with Gasteiger partial charge >= 0.3 is 0 Å². The average molecular weight is 539 g/mol. The monoisotopic (exact) mass is 538 g/mol. The average Bonchev–Trinajstić information content (AvgIpc) is 2.90. The Labute approximate surface area is 222 Å². The number of nitro groups is 1. The second kappa shape index (κ2) is 12.3. The van der Waals surface area contributed by atoms with Crippen molar-refractivity contribution in [2.75, 3.05) is 17.4 Å². The number of rotatable bonds is 11. The number of nitro benzene ring substituents is 1. The standard InChI is InChI=1S/C27H30N4O6S/c1-4-28-27(33)21(3)29(18-22-10-8-9-20(2)17-22)26(32)19-30(23-13-15-24(16-14-23)31(34)35)38(36,37)25-11-6-5-7-12-25/h5-17,21H,4,18-19H2,1-3H3,(H,28,33)/t21-/m0/s1. The summed E-state index contributed by atoms with van der Waals surface area (Å²) in [6.07, 6.45) is 0. The zero-order chi connectivity index (χ0) is 27.9. The van der Waals surface area contributed by atoms with Crippen LogP contribution in [0.5, 0.6) is 0 Å². The summed E-state index contributed by atoms with van der Waals surface area (Å²) in [5.74, 6) is -0.982. The number of benzene rings is 3. The zero-order valence-electron chi connectivity index (χ0n) is 21.4. The van der Waals surface area contributed by atoms with E-state index in [1.807, 2.05) is 31.2 Å². The molecule has 38 heavy (non-hydrogen) atoms. The third-order valence-electron chi connectivity index (χ3n) is 5.91. The normalized spacial score (nSPS) is 11.9. The van der Waals surface area contributed by atoms with E-state index in [0.717, 1.165) is 15.4 Å². The smallest absolute Gasteiger partial charge is 0.269 e. The summed E-state index contributed by atoms with van der Waals surface area (Å²) >= 11 is 0. The van der Waals surface area contributed by atoms with Gasteiger partial charge in [-0.2, -0.15) is 0 Å². The lowest BCUT2D eigenvalue weighted by molar-refractivity contribution is -0.384. The molecule has 0 saturated heterocycles. The number of hydrogen-bond donors (Lipinski definition) is 1. The van der Waals surface area contributed by atoms with Crippen molar-refractivity contribution in [1.82, 2.24) is 10.2 Å². The Hall–Kier alpha value is -4.25. The summed E-state index contributed by atoms with van der Waals surface area (Å²) in [5, 5.41) is 13.8. The number of carbonyl (C=O) groups excluding carboxylic acids is 2. The third-order valence-corrected chi connectivity index (χ3v) is 7.70. The van der Waals surface area contributed by atoms with Crippen molar-refractivity contribution in [1.29, 1.82) is 0 Å². The first kappa shape index (κ1) is 28.3. The van der Waals surface area contributed by atoms with Gasteiger partial charge < -0.3 is 10.2 Å². The molecule has 11 heteroatoms. The second-order valence-electron chi connectivity index (χ2n) is 8.68. The summed E-state index contributed by atoms with van der Waals surface area (Å²) in [4.78, 5) is 38.3. The fourth-order valence-corrected chi connectivity index (χ4v) is 5.34. The van der Waals surface area contributed by atoms with E-state index in [1.54, 1.807) is 32.0 Å². The molecule has 0 radical (unpaired) electrons. The molecule has 3 aromatic carbocycles. The Morgan fingerprint density at radius 2 is 1.66 bits per heavy atom. The van der Waals surface area contributed by atoms with Crippen LogP contribution in [0.2, 0.25) is 0 Å². The molecular weight excluding hydrogens is 508 g/mol. The minimum absolute atomic E-state index is 0.0480. The van der Waals surface area contributed by atoms with E-state index in [9.17, 15) is 28.1 Å². The highest BCUT2D eigenvalue weighted by Gasteiger charge is 2.32. The number of aryl methyl sites for hydroxylation is 1. The van der Waals surface area contributed by atoms with Crippen LogP contribution >= 0.6 is 0 Å². The Balaban J connectivity index is 2.04. The van der Waals surface area contributed by atoms with E-state index >= 15 is 0 Å². The Morgan fingerprint density at radius 3 is 2.24 bits per heavy atom. The number of sulfonamides is 1. The van der Waals surface area contributed by atoms with Gasteiger partial charge in [-0.25, -0.2) is 8.42 Å². The topological polar surface area (TPSA) is 130 Å². The van der Waals surface area contributed by atoms with Crippen molar-refractivity contribution in [3.8, 4) is 0 Å². The summed E-state index contributed by atoms with van der Waals surface area (Å²) in [5.41, 5.74) is 1.61. The molecule has 0 aliphatic rings. The molecule has 1 N–H and O–H groups in total. The summed E-state index contributed by atoms with van der Waals surface area (Å²) in [6.45, 7) is 5.09. The van der Waals surface area contributed by atoms with Crippen molar-refractivity contribution >= 4 is 33.2 Å². The molecule has 0 aliphatic heterocycles. The first-order valence-electron chi connectivity index (χ1n) is 12.0. The number of carbonyl (C=O) groups is 2. The summed E-state index contributed by atoms with van der Waals surface area (Å²) < 4.78 is 28.2. The minimum Gasteiger partial charge on any atom is -0.355 e. The van der Waals surface area contributed by atoms with Crippen LogP contribution in [0.4, 0.5) is 11.4 Å². The predicted octanol–water partition coefficient (Wildman–Crippen LogP) is 3.65. The van der Waals surface area contributed by atoms with Crippen LogP contribution in [0.15, 0.2) is 83.8 Å². The van der Waals surface area contributed by atoms with Crippen molar-refractivity contribution in [2.24, 2.45) is 0 Å². The SMILES string of the molecule is CCNC(=O)[C@H](C)N(Cc1cccc(C)c1)C(=O)CN(c1ccc([N+](=O)[O-])cc1)S(=O)(=O)c1ccccc1. The minimum atomic E-state index is -4.24. The van der Waals surface area contributed by atoms with Gasteiger partial charge in [0.15, 0.2) is 0 Å².